The van der Waals surface area contributed by atoms with Crippen LogP contribution >= 0.6 is 0 Å². The molecule has 0 aliphatic carbocycles. The number of carbonyl (C=O) groups excluding carboxylic acids is 1. The molecule has 2 rings (SSSR count). The lowest BCUT2D eigenvalue weighted by atomic mass is 9.98. The van der Waals surface area contributed by atoms with Crippen molar-refractivity contribution in [2.24, 2.45) is 5.92 Å². The first-order valence-electron chi connectivity index (χ1n) is 7.78. The molecule has 1 saturated heterocycles. The molecule has 1 aromatic rings. The molecule has 0 spiro atoms. The fourth-order valence-electron chi connectivity index (χ4n) is 2.80. The van der Waals surface area contributed by atoms with Gasteiger partial charge in [-0.1, -0.05) is 12.1 Å². The van der Waals surface area contributed by atoms with E-state index in [2.05, 4.69) is 0 Å². The SMILES string of the molecule is CCOCCC(=O)N1CCC(Cc2ccc(C(=O)O)cc2)C1. The smallest absolute Gasteiger partial charge is 0.335 e. The van der Waals surface area contributed by atoms with Gasteiger partial charge < -0.3 is 14.7 Å². The fraction of sp³-hybridized carbons (Fsp3) is 0.529. The number of carboxylic acids is 1. The highest BCUT2D eigenvalue weighted by Gasteiger charge is 2.25. The maximum absolute atomic E-state index is 12.0. The summed E-state index contributed by atoms with van der Waals surface area (Å²) in [6, 6.07) is 7.00. The van der Waals surface area contributed by atoms with E-state index in [1.54, 1.807) is 12.1 Å². The summed E-state index contributed by atoms with van der Waals surface area (Å²) in [4.78, 5) is 24.8. The Morgan fingerprint density at radius 3 is 2.68 bits per heavy atom. The molecule has 1 fully saturated rings. The van der Waals surface area contributed by atoms with Gasteiger partial charge in [0.25, 0.3) is 0 Å². The van der Waals surface area contributed by atoms with E-state index < -0.39 is 5.97 Å². The van der Waals surface area contributed by atoms with Gasteiger partial charge in [-0.3, -0.25) is 4.79 Å². The molecule has 1 aromatic carbocycles. The molecule has 1 unspecified atom stereocenters. The Hall–Kier alpha value is -1.88. The molecule has 1 aliphatic rings. The van der Waals surface area contributed by atoms with Crippen LogP contribution < -0.4 is 0 Å². The first kappa shape index (κ1) is 16.5. The van der Waals surface area contributed by atoms with Gasteiger partial charge in [-0.25, -0.2) is 4.79 Å². The molecule has 22 heavy (non-hydrogen) atoms. The average Bonchev–Trinajstić information content (AvgIpc) is 2.96. The Morgan fingerprint density at radius 2 is 2.05 bits per heavy atom. The lowest BCUT2D eigenvalue weighted by Gasteiger charge is -2.16. The number of amides is 1. The van der Waals surface area contributed by atoms with E-state index in [0.29, 0.717) is 31.1 Å². The number of rotatable bonds is 7. The third-order valence-electron chi connectivity index (χ3n) is 4.03. The second-order valence-electron chi connectivity index (χ2n) is 5.65. The molecule has 0 bridgehead atoms. The molecule has 1 N–H and O–H groups in total. The third kappa shape index (κ3) is 4.56. The molecule has 5 heteroatoms. The summed E-state index contributed by atoms with van der Waals surface area (Å²) in [5.41, 5.74) is 1.43. The van der Waals surface area contributed by atoms with Crippen molar-refractivity contribution in [3.05, 3.63) is 35.4 Å². The van der Waals surface area contributed by atoms with Crippen LogP contribution in [0, 0.1) is 5.92 Å². The molecule has 1 aliphatic heterocycles. The van der Waals surface area contributed by atoms with Gasteiger partial charge in [0.1, 0.15) is 0 Å². The quantitative estimate of drug-likeness (QED) is 0.784. The molecule has 120 valence electrons. The van der Waals surface area contributed by atoms with Gasteiger partial charge in [0.05, 0.1) is 18.6 Å². The van der Waals surface area contributed by atoms with Gasteiger partial charge in [-0.15, -0.1) is 0 Å². The average molecular weight is 305 g/mol. The number of hydrogen-bond acceptors (Lipinski definition) is 3. The van der Waals surface area contributed by atoms with E-state index in [9.17, 15) is 9.59 Å². The van der Waals surface area contributed by atoms with Gasteiger partial charge in [-0.05, 0) is 43.4 Å². The Balaban J connectivity index is 1.80. The normalized spacial score (nSPS) is 17.7. The first-order chi connectivity index (χ1) is 10.6. The summed E-state index contributed by atoms with van der Waals surface area (Å²) in [6.07, 6.45) is 2.34. The van der Waals surface area contributed by atoms with E-state index in [1.807, 2.05) is 24.0 Å². The standard InChI is InChI=1S/C17H23NO4/c1-2-22-10-8-16(19)18-9-7-14(12-18)11-13-3-5-15(6-4-13)17(20)21/h3-6,14H,2,7-12H2,1H3,(H,20,21). The maximum Gasteiger partial charge on any atom is 0.335 e. The molecule has 1 atom stereocenters. The summed E-state index contributed by atoms with van der Waals surface area (Å²) in [6.45, 7) is 4.65. The Bertz CT molecular complexity index is 512. The van der Waals surface area contributed by atoms with Crippen molar-refractivity contribution < 1.29 is 19.4 Å². The summed E-state index contributed by atoms with van der Waals surface area (Å²) in [7, 11) is 0. The van der Waals surface area contributed by atoms with Crippen LogP contribution in [0.4, 0.5) is 0 Å². The van der Waals surface area contributed by atoms with Crippen molar-refractivity contribution in [3.8, 4) is 0 Å². The molecule has 1 amide bonds. The molecule has 0 saturated carbocycles. The van der Waals surface area contributed by atoms with Crippen molar-refractivity contribution in [3.63, 3.8) is 0 Å². The number of carboxylic acid groups (broad SMARTS) is 1. The van der Waals surface area contributed by atoms with Crippen molar-refractivity contribution in [1.82, 2.24) is 4.90 Å². The van der Waals surface area contributed by atoms with Gasteiger partial charge in [0, 0.05) is 19.7 Å². The predicted molar refractivity (Wildman–Crippen MR) is 82.9 cm³/mol. The topological polar surface area (TPSA) is 66.8 Å². The van der Waals surface area contributed by atoms with E-state index in [0.717, 1.165) is 31.5 Å². The van der Waals surface area contributed by atoms with E-state index >= 15 is 0 Å². The Kier molecular flexibility index (Phi) is 5.95. The van der Waals surface area contributed by atoms with Crippen LogP contribution in [-0.2, 0) is 16.0 Å². The minimum absolute atomic E-state index is 0.164. The zero-order valence-electron chi connectivity index (χ0n) is 13.0. The number of nitrogens with zero attached hydrogens (tertiary/aromatic N) is 1. The lowest BCUT2D eigenvalue weighted by Crippen LogP contribution is -2.29. The second-order valence-corrected chi connectivity index (χ2v) is 5.65. The number of aromatic carboxylic acids is 1. The molecule has 1 heterocycles. The first-order valence-corrected chi connectivity index (χ1v) is 7.78. The highest BCUT2D eigenvalue weighted by Crippen LogP contribution is 2.21. The number of benzene rings is 1. The van der Waals surface area contributed by atoms with E-state index in [1.165, 1.54) is 0 Å². The summed E-state index contributed by atoms with van der Waals surface area (Å²) in [5.74, 6) is -0.289. The fourth-order valence-corrected chi connectivity index (χ4v) is 2.80. The highest BCUT2D eigenvalue weighted by atomic mass is 16.5. The van der Waals surface area contributed by atoms with Gasteiger partial charge in [0.2, 0.25) is 5.91 Å². The predicted octanol–water partition coefficient (Wildman–Crippen LogP) is 2.20. The van der Waals surface area contributed by atoms with Crippen molar-refractivity contribution in [1.29, 1.82) is 0 Å². The molecule has 0 radical (unpaired) electrons. The Labute approximate surface area is 130 Å². The van der Waals surface area contributed by atoms with Gasteiger partial charge in [0.15, 0.2) is 0 Å². The minimum atomic E-state index is -0.904. The number of carbonyl (C=O) groups is 2. The van der Waals surface area contributed by atoms with Crippen LogP contribution in [0.5, 0.6) is 0 Å². The van der Waals surface area contributed by atoms with Crippen LogP contribution in [0.2, 0.25) is 0 Å². The highest BCUT2D eigenvalue weighted by molar-refractivity contribution is 5.87. The van der Waals surface area contributed by atoms with Crippen molar-refractivity contribution in [2.75, 3.05) is 26.3 Å². The maximum atomic E-state index is 12.0. The molecular formula is C17H23NO4. The van der Waals surface area contributed by atoms with E-state index in [4.69, 9.17) is 9.84 Å². The van der Waals surface area contributed by atoms with Gasteiger partial charge >= 0.3 is 5.97 Å². The lowest BCUT2D eigenvalue weighted by molar-refractivity contribution is -0.131. The summed E-state index contributed by atoms with van der Waals surface area (Å²) in [5, 5.41) is 8.89. The molecule has 5 nitrogen and oxygen atoms in total. The zero-order chi connectivity index (χ0) is 15.9. The van der Waals surface area contributed by atoms with E-state index in [-0.39, 0.29) is 5.91 Å². The minimum Gasteiger partial charge on any atom is -0.478 e. The van der Waals surface area contributed by atoms with Gasteiger partial charge in [-0.2, -0.15) is 0 Å². The number of ether oxygens (including phenoxy) is 1. The van der Waals surface area contributed by atoms with Crippen molar-refractivity contribution in [2.45, 2.75) is 26.2 Å². The number of likely N-dealkylation sites (tertiary alicyclic amines) is 1. The zero-order valence-corrected chi connectivity index (χ0v) is 13.0. The largest absolute Gasteiger partial charge is 0.478 e. The van der Waals surface area contributed by atoms with Crippen LogP contribution in [0.3, 0.4) is 0 Å². The second kappa shape index (κ2) is 7.94. The molecule has 0 aromatic heterocycles. The van der Waals surface area contributed by atoms with Crippen LogP contribution in [0.15, 0.2) is 24.3 Å². The van der Waals surface area contributed by atoms with Crippen LogP contribution in [-0.4, -0.2) is 48.2 Å². The van der Waals surface area contributed by atoms with Crippen LogP contribution in [0.1, 0.15) is 35.7 Å². The molecular weight excluding hydrogens is 282 g/mol. The van der Waals surface area contributed by atoms with Crippen molar-refractivity contribution >= 4 is 11.9 Å². The monoisotopic (exact) mass is 305 g/mol. The number of hydrogen-bond donors (Lipinski definition) is 1. The Morgan fingerprint density at radius 1 is 1.32 bits per heavy atom. The summed E-state index contributed by atoms with van der Waals surface area (Å²) >= 11 is 0. The van der Waals surface area contributed by atoms with Crippen LogP contribution in [0.25, 0.3) is 0 Å². The third-order valence-corrected chi connectivity index (χ3v) is 4.03. The summed E-state index contributed by atoms with van der Waals surface area (Å²) < 4.78 is 5.22.